The Morgan fingerprint density at radius 3 is 2.50 bits per heavy atom. The molecule has 0 radical (unpaired) electrons. The number of rotatable bonds is 5. The predicted octanol–water partition coefficient (Wildman–Crippen LogP) is 2.98. The van der Waals surface area contributed by atoms with Gasteiger partial charge in [0.2, 0.25) is 0 Å². The molecule has 0 aliphatic carbocycles. The molecule has 18 heavy (non-hydrogen) atoms. The zero-order valence-electron chi connectivity index (χ0n) is 11.0. The van der Waals surface area contributed by atoms with Crippen molar-refractivity contribution in [1.29, 1.82) is 0 Å². The highest BCUT2D eigenvalue weighted by Crippen LogP contribution is 2.19. The van der Waals surface area contributed by atoms with Gasteiger partial charge in [-0.05, 0) is 37.1 Å². The average Bonchev–Trinajstić information content (AvgIpc) is 2.35. The van der Waals surface area contributed by atoms with Crippen LogP contribution >= 0.6 is 15.9 Å². The highest BCUT2D eigenvalue weighted by molar-refractivity contribution is 9.10. The quantitative estimate of drug-likeness (QED) is 0.878. The molecular formula is C14H20BrNO2. The van der Waals surface area contributed by atoms with Crippen molar-refractivity contribution in [2.24, 2.45) is 5.92 Å². The lowest BCUT2D eigenvalue weighted by atomic mass is 9.88. The third kappa shape index (κ3) is 4.10. The molecule has 2 atom stereocenters. The summed E-state index contributed by atoms with van der Waals surface area (Å²) in [5, 5.41) is 13.0. The van der Waals surface area contributed by atoms with Gasteiger partial charge >= 0.3 is 0 Å². The van der Waals surface area contributed by atoms with E-state index in [0.717, 1.165) is 10.9 Å². The van der Waals surface area contributed by atoms with Crippen molar-refractivity contribution in [1.82, 2.24) is 5.32 Å². The number of hydrogen-bond acceptors (Lipinski definition) is 2. The van der Waals surface area contributed by atoms with E-state index in [1.54, 1.807) is 19.1 Å². The molecule has 0 bridgehead atoms. The van der Waals surface area contributed by atoms with Crippen molar-refractivity contribution in [3.8, 4) is 0 Å². The highest BCUT2D eigenvalue weighted by atomic mass is 79.9. The van der Waals surface area contributed by atoms with Gasteiger partial charge in [-0.2, -0.15) is 0 Å². The topological polar surface area (TPSA) is 49.3 Å². The summed E-state index contributed by atoms with van der Waals surface area (Å²) in [6.45, 7) is 6.02. The number of halogens is 1. The lowest BCUT2D eigenvalue weighted by molar-refractivity contribution is 0.00593. The lowest BCUT2D eigenvalue weighted by Gasteiger charge is -2.29. The van der Waals surface area contributed by atoms with Gasteiger partial charge in [0.1, 0.15) is 0 Å². The van der Waals surface area contributed by atoms with Gasteiger partial charge in [0.05, 0.1) is 5.60 Å². The van der Waals surface area contributed by atoms with Crippen LogP contribution in [-0.2, 0) is 0 Å². The molecular weight excluding hydrogens is 294 g/mol. The SMILES string of the molecule is CCC(C)C(C)(O)CNC(=O)c1ccc(Br)cc1. The van der Waals surface area contributed by atoms with Crippen molar-refractivity contribution in [2.75, 3.05) is 6.54 Å². The summed E-state index contributed by atoms with van der Waals surface area (Å²) in [5.74, 6) is -0.0196. The van der Waals surface area contributed by atoms with E-state index in [1.165, 1.54) is 0 Å². The minimum atomic E-state index is -0.875. The zero-order valence-corrected chi connectivity index (χ0v) is 12.6. The van der Waals surface area contributed by atoms with Gasteiger partial charge < -0.3 is 10.4 Å². The molecule has 0 saturated carbocycles. The number of carbonyl (C=O) groups is 1. The third-order valence-electron chi connectivity index (χ3n) is 3.39. The van der Waals surface area contributed by atoms with Gasteiger partial charge in [0.25, 0.3) is 5.91 Å². The van der Waals surface area contributed by atoms with E-state index in [-0.39, 0.29) is 18.4 Å². The van der Waals surface area contributed by atoms with Crippen LogP contribution in [0.1, 0.15) is 37.6 Å². The van der Waals surface area contributed by atoms with Crippen molar-refractivity contribution >= 4 is 21.8 Å². The standard InChI is InChI=1S/C14H20BrNO2/c1-4-10(2)14(3,18)9-16-13(17)11-5-7-12(15)8-6-11/h5-8,10,18H,4,9H2,1-3H3,(H,16,17). The van der Waals surface area contributed by atoms with E-state index in [1.807, 2.05) is 26.0 Å². The fourth-order valence-corrected chi connectivity index (χ4v) is 1.84. The maximum Gasteiger partial charge on any atom is 0.251 e. The molecule has 0 aliphatic heterocycles. The summed E-state index contributed by atoms with van der Waals surface area (Å²) >= 11 is 3.32. The van der Waals surface area contributed by atoms with Crippen molar-refractivity contribution < 1.29 is 9.90 Å². The maximum absolute atomic E-state index is 11.9. The van der Waals surface area contributed by atoms with E-state index in [2.05, 4.69) is 21.2 Å². The molecule has 2 unspecified atom stereocenters. The van der Waals surface area contributed by atoms with E-state index in [4.69, 9.17) is 0 Å². The van der Waals surface area contributed by atoms with Crippen LogP contribution in [0.25, 0.3) is 0 Å². The van der Waals surface area contributed by atoms with Crippen LogP contribution in [0, 0.1) is 5.92 Å². The molecule has 2 N–H and O–H groups in total. The second-order valence-electron chi connectivity index (χ2n) is 4.86. The fourth-order valence-electron chi connectivity index (χ4n) is 1.58. The van der Waals surface area contributed by atoms with Crippen LogP contribution in [0.4, 0.5) is 0 Å². The average molecular weight is 314 g/mol. The van der Waals surface area contributed by atoms with Crippen LogP contribution in [-0.4, -0.2) is 23.2 Å². The number of carbonyl (C=O) groups excluding carboxylic acids is 1. The largest absolute Gasteiger partial charge is 0.388 e. The molecule has 0 aromatic heterocycles. The fraction of sp³-hybridized carbons (Fsp3) is 0.500. The minimum absolute atomic E-state index is 0.141. The molecule has 0 heterocycles. The molecule has 0 fully saturated rings. The first kappa shape index (κ1) is 15.2. The van der Waals surface area contributed by atoms with Crippen LogP contribution < -0.4 is 5.32 Å². The summed E-state index contributed by atoms with van der Waals surface area (Å²) in [6.07, 6.45) is 0.876. The summed E-state index contributed by atoms with van der Waals surface area (Å²) in [6, 6.07) is 7.14. The van der Waals surface area contributed by atoms with E-state index in [0.29, 0.717) is 5.56 Å². The van der Waals surface area contributed by atoms with Crippen molar-refractivity contribution in [2.45, 2.75) is 32.8 Å². The highest BCUT2D eigenvalue weighted by Gasteiger charge is 2.27. The summed E-state index contributed by atoms with van der Waals surface area (Å²) in [5.41, 5.74) is -0.280. The number of amides is 1. The first-order valence-electron chi connectivity index (χ1n) is 6.13. The Bertz CT molecular complexity index is 401. The van der Waals surface area contributed by atoms with Crippen LogP contribution in [0.2, 0.25) is 0 Å². The van der Waals surface area contributed by atoms with Gasteiger partial charge in [-0.1, -0.05) is 36.2 Å². The second kappa shape index (κ2) is 6.34. The molecule has 1 rings (SSSR count). The van der Waals surface area contributed by atoms with Crippen molar-refractivity contribution in [3.05, 3.63) is 34.3 Å². The number of benzene rings is 1. The molecule has 0 saturated heterocycles. The predicted molar refractivity (Wildman–Crippen MR) is 76.6 cm³/mol. The van der Waals surface area contributed by atoms with Gasteiger partial charge in [0, 0.05) is 16.6 Å². The number of hydrogen-bond donors (Lipinski definition) is 2. The van der Waals surface area contributed by atoms with E-state index < -0.39 is 5.60 Å². The molecule has 100 valence electrons. The van der Waals surface area contributed by atoms with Crippen molar-refractivity contribution in [3.63, 3.8) is 0 Å². The summed E-state index contributed by atoms with van der Waals surface area (Å²) in [7, 11) is 0. The van der Waals surface area contributed by atoms with Crippen LogP contribution in [0.3, 0.4) is 0 Å². The Kier molecular flexibility index (Phi) is 5.35. The Morgan fingerprint density at radius 2 is 2.00 bits per heavy atom. The van der Waals surface area contributed by atoms with Crippen LogP contribution in [0.5, 0.6) is 0 Å². The Labute approximate surface area is 117 Å². The minimum Gasteiger partial charge on any atom is -0.388 e. The molecule has 1 amide bonds. The number of nitrogens with one attached hydrogen (secondary N) is 1. The third-order valence-corrected chi connectivity index (χ3v) is 3.92. The molecule has 0 spiro atoms. The van der Waals surface area contributed by atoms with Gasteiger partial charge in [-0.25, -0.2) is 0 Å². The van der Waals surface area contributed by atoms with Gasteiger partial charge in [0.15, 0.2) is 0 Å². The molecule has 0 aliphatic rings. The van der Waals surface area contributed by atoms with Crippen LogP contribution in [0.15, 0.2) is 28.7 Å². The Morgan fingerprint density at radius 1 is 1.44 bits per heavy atom. The molecule has 3 nitrogen and oxygen atoms in total. The monoisotopic (exact) mass is 313 g/mol. The van der Waals surface area contributed by atoms with Gasteiger partial charge in [-0.3, -0.25) is 4.79 Å². The smallest absolute Gasteiger partial charge is 0.251 e. The molecule has 1 aromatic rings. The Hall–Kier alpha value is -0.870. The first-order valence-corrected chi connectivity index (χ1v) is 6.92. The summed E-state index contributed by atoms with van der Waals surface area (Å²) in [4.78, 5) is 11.9. The second-order valence-corrected chi connectivity index (χ2v) is 5.77. The lowest BCUT2D eigenvalue weighted by Crippen LogP contribution is -2.45. The van der Waals surface area contributed by atoms with E-state index >= 15 is 0 Å². The molecule has 1 aromatic carbocycles. The zero-order chi connectivity index (χ0) is 13.8. The first-order chi connectivity index (χ1) is 8.36. The normalized spacial score (nSPS) is 15.8. The van der Waals surface area contributed by atoms with E-state index in [9.17, 15) is 9.90 Å². The summed E-state index contributed by atoms with van der Waals surface area (Å²) < 4.78 is 0.936. The number of aliphatic hydroxyl groups is 1. The Balaban J connectivity index is 2.58. The van der Waals surface area contributed by atoms with Gasteiger partial charge in [-0.15, -0.1) is 0 Å². The molecule has 4 heteroatoms. The maximum atomic E-state index is 11.9.